The van der Waals surface area contributed by atoms with Crippen LogP contribution in [0.2, 0.25) is 0 Å². The van der Waals surface area contributed by atoms with Crippen LogP contribution in [0.1, 0.15) is 57.9 Å². The van der Waals surface area contributed by atoms with Gasteiger partial charge in [0.1, 0.15) is 0 Å². The number of aromatic nitrogens is 1. The highest BCUT2D eigenvalue weighted by Crippen LogP contribution is 2.38. The van der Waals surface area contributed by atoms with Crippen molar-refractivity contribution in [3.63, 3.8) is 0 Å². The van der Waals surface area contributed by atoms with Crippen molar-refractivity contribution in [3.8, 4) is 0 Å². The molecule has 1 aromatic carbocycles. The number of anilines is 1. The summed E-state index contributed by atoms with van der Waals surface area (Å²) in [6.07, 6.45) is 2.42. The van der Waals surface area contributed by atoms with Crippen LogP contribution in [0.4, 0.5) is 5.69 Å². The Bertz CT molecular complexity index is 770. The van der Waals surface area contributed by atoms with Crippen LogP contribution >= 0.6 is 0 Å². The molecule has 4 nitrogen and oxygen atoms in total. The summed E-state index contributed by atoms with van der Waals surface area (Å²) in [6.45, 7) is 5.86. The van der Waals surface area contributed by atoms with Gasteiger partial charge in [0.2, 0.25) is 0 Å². The van der Waals surface area contributed by atoms with Gasteiger partial charge in [-0.1, -0.05) is 12.1 Å². The Balaban J connectivity index is 1.71. The highest BCUT2D eigenvalue weighted by Gasteiger charge is 2.28. The van der Waals surface area contributed by atoms with E-state index in [0.29, 0.717) is 11.6 Å². The lowest BCUT2D eigenvalue weighted by atomic mass is 10.1. The fourth-order valence-corrected chi connectivity index (χ4v) is 3.08. The molecule has 0 atom stereocenters. The molecule has 0 amide bonds. The second-order valence-electron chi connectivity index (χ2n) is 6.30. The molecular formula is C19H22N2O2. The fourth-order valence-electron chi connectivity index (χ4n) is 3.08. The monoisotopic (exact) mass is 310 g/mol. The molecule has 1 fully saturated rings. The third kappa shape index (κ3) is 3.21. The van der Waals surface area contributed by atoms with E-state index in [4.69, 9.17) is 0 Å². The van der Waals surface area contributed by atoms with E-state index < -0.39 is 0 Å². The highest BCUT2D eigenvalue weighted by atomic mass is 16.1. The van der Waals surface area contributed by atoms with Crippen LogP contribution in [-0.2, 0) is 0 Å². The molecule has 1 heterocycles. The summed E-state index contributed by atoms with van der Waals surface area (Å²) in [5.41, 5.74) is 4.46. The summed E-state index contributed by atoms with van der Waals surface area (Å²) < 4.78 is 2.28. The first-order valence-electron chi connectivity index (χ1n) is 8.04. The van der Waals surface area contributed by atoms with Crippen molar-refractivity contribution < 1.29 is 9.59 Å². The minimum Gasteiger partial charge on any atom is -0.378 e. The van der Waals surface area contributed by atoms with Crippen LogP contribution in [0.25, 0.3) is 0 Å². The van der Waals surface area contributed by atoms with E-state index >= 15 is 0 Å². The van der Waals surface area contributed by atoms with Gasteiger partial charge in [0.25, 0.3) is 0 Å². The molecule has 1 N–H and O–H groups in total. The average molecular weight is 310 g/mol. The minimum absolute atomic E-state index is 0.0213. The van der Waals surface area contributed by atoms with Gasteiger partial charge in [-0.2, -0.15) is 0 Å². The fraction of sp³-hybridized carbons (Fsp3) is 0.368. The van der Waals surface area contributed by atoms with Crippen molar-refractivity contribution in [3.05, 3.63) is 52.8 Å². The average Bonchev–Trinajstić information content (AvgIpc) is 3.31. The van der Waals surface area contributed by atoms with E-state index in [-0.39, 0.29) is 18.1 Å². The maximum atomic E-state index is 12.5. The van der Waals surface area contributed by atoms with Crippen molar-refractivity contribution in [2.45, 2.75) is 39.7 Å². The number of nitrogens with one attached hydrogen (secondary N) is 1. The minimum atomic E-state index is 0.0213. The molecule has 1 aliphatic rings. The molecule has 0 bridgehead atoms. The summed E-state index contributed by atoms with van der Waals surface area (Å²) >= 11 is 0. The van der Waals surface area contributed by atoms with Crippen molar-refractivity contribution in [2.24, 2.45) is 0 Å². The van der Waals surface area contributed by atoms with E-state index in [2.05, 4.69) is 16.8 Å². The maximum absolute atomic E-state index is 12.5. The number of aryl methyl sites for hydroxylation is 1. The second kappa shape index (κ2) is 6.03. The van der Waals surface area contributed by atoms with Gasteiger partial charge in [-0.05, 0) is 51.8 Å². The topological polar surface area (TPSA) is 51.1 Å². The summed E-state index contributed by atoms with van der Waals surface area (Å²) in [7, 11) is 0. The number of carbonyl (C=O) groups is 2. The van der Waals surface area contributed by atoms with Crippen LogP contribution < -0.4 is 5.32 Å². The van der Waals surface area contributed by atoms with Gasteiger partial charge in [0, 0.05) is 34.2 Å². The molecule has 1 aromatic heterocycles. The van der Waals surface area contributed by atoms with Gasteiger partial charge >= 0.3 is 0 Å². The molecule has 0 spiro atoms. The van der Waals surface area contributed by atoms with Crippen molar-refractivity contribution in [2.75, 3.05) is 11.9 Å². The van der Waals surface area contributed by atoms with Gasteiger partial charge in [-0.25, -0.2) is 0 Å². The Morgan fingerprint density at radius 1 is 1.22 bits per heavy atom. The van der Waals surface area contributed by atoms with Crippen LogP contribution in [0, 0.1) is 13.8 Å². The van der Waals surface area contributed by atoms with Gasteiger partial charge < -0.3 is 9.88 Å². The standard InChI is InChI=1S/C19H22N2O2/c1-12-9-18(13(2)21(12)17-7-8-17)19(23)11-20-16-6-4-5-15(10-16)14(3)22/h4-6,9-10,17,20H,7-8,11H2,1-3H3. The number of hydrogen-bond donors (Lipinski definition) is 1. The molecule has 0 unspecified atom stereocenters. The van der Waals surface area contributed by atoms with E-state index in [9.17, 15) is 9.59 Å². The van der Waals surface area contributed by atoms with E-state index in [1.54, 1.807) is 12.1 Å². The lowest BCUT2D eigenvalue weighted by molar-refractivity contribution is 0.100. The first kappa shape index (κ1) is 15.5. The van der Waals surface area contributed by atoms with Gasteiger partial charge in [-0.3, -0.25) is 9.59 Å². The molecule has 120 valence electrons. The third-order valence-corrected chi connectivity index (χ3v) is 4.42. The maximum Gasteiger partial charge on any atom is 0.183 e. The number of hydrogen-bond acceptors (Lipinski definition) is 3. The molecule has 23 heavy (non-hydrogen) atoms. The molecule has 1 saturated carbocycles. The number of benzene rings is 1. The largest absolute Gasteiger partial charge is 0.378 e. The van der Waals surface area contributed by atoms with Crippen molar-refractivity contribution in [1.29, 1.82) is 0 Å². The lowest BCUT2D eigenvalue weighted by Gasteiger charge is -2.09. The van der Waals surface area contributed by atoms with Crippen LogP contribution in [0.15, 0.2) is 30.3 Å². The van der Waals surface area contributed by atoms with Crippen LogP contribution in [-0.4, -0.2) is 22.7 Å². The Labute approximate surface area is 136 Å². The Morgan fingerprint density at radius 2 is 1.96 bits per heavy atom. The van der Waals surface area contributed by atoms with Crippen LogP contribution in [0.3, 0.4) is 0 Å². The Hall–Kier alpha value is -2.36. The zero-order valence-electron chi connectivity index (χ0n) is 13.8. The molecule has 4 heteroatoms. The number of rotatable bonds is 6. The first-order chi connectivity index (χ1) is 11.0. The Morgan fingerprint density at radius 3 is 2.61 bits per heavy atom. The molecule has 2 aromatic rings. The predicted octanol–water partition coefficient (Wildman–Crippen LogP) is 3.94. The summed E-state index contributed by atoms with van der Waals surface area (Å²) in [5.74, 6) is 0.103. The summed E-state index contributed by atoms with van der Waals surface area (Å²) in [6, 6.07) is 9.82. The SMILES string of the molecule is CC(=O)c1cccc(NCC(=O)c2cc(C)n(C3CC3)c2C)c1. The summed E-state index contributed by atoms with van der Waals surface area (Å²) in [5, 5.41) is 3.13. The smallest absolute Gasteiger partial charge is 0.183 e. The second-order valence-corrected chi connectivity index (χ2v) is 6.30. The Kier molecular flexibility index (Phi) is 4.07. The van der Waals surface area contributed by atoms with E-state index in [1.165, 1.54) is 19.8 Å². The van der Waals surface area contributed by atoms with Crippen LogP contribution in [0.5, 0.6) is 0 Å². The number of carbonyl (C=O) groups excluding carboxylic acids is 2. The molecular weight excluding hydrogens is 288 g/mol. The normalized spacial score (nSPS) is 13.9. The third-order valence-electron chi connectivity index (χ3n) is 4.42. The van der Waals surface area contributed by atoms with Gasteiger partial charge in [0.15, 0.2) is 11.6 Å². The van der Waals surface area contributed by atoms with Crippen molar-refractivity contribution in [1.82, 2.24) is 4.57 Å². The number of ketones is 2. The van der Waals surface area contributed by atoms with E-state index in [0.717, 1.165) is 22.6 Å². The molecule has 3 rings (SSSR count). The molecule has 0 radical (unpaired) electrons. The van der Waals surface area contributed by atoms with Gasteiger partial charge in [-0.15, -0.1) is 0 Å². The first-order valence-corrected chi connectivity index (χ1v) is 8.04. The zero-order chi connectivity index (χ0) is 16.6. The van der Waals surface area contributed by atoms with E-state index in [1.807, 2.05) is 25.1 Å². The molecule has 0 saturated heterocycles. The lowest BCUT2D eigenvalue weighted by Crippen LogP contribution is -2.15. The quantitative estimate of drug-likeness (QED) is 0.822. The van der Waals surface area contributed by atoms with Gasteiger partial charge in [0.05, 0.1) is 6.54 Å². The van der Waals surface area contributed by atoms with Crippen molar-refractivity contribution >= 4 is 17.3 Å². The molecule has 0 aliphatic heterocycles. The summed E-state index contributed by atoms with van der Waals surface area (Å²) in [4.78, 5) is 23.9. The molecule has 1 aliphatic carbocycles. The zero-order valence-corrected chi connectivity index (χ0v) is 13.8. The highest BCUT2D eigenvalue weighted by molar-refractivity contribution is 6.00. The number of Topliss-reactive ketones (excluding diaryl/α,β-unsaturated/α-hetero) is 2. The number of nitrogens with zero attached hydrogens (tertiary/aromatic N) is 1. The predicted molar refractivity (Wildman–Crippen MR) is 91.4 cm³/mol.